The van der Waals surface area contributed by atoms with Gasteiger partial charge in [-0.25, -0.2) is 39.9 Å². The van der Waals surface area contributed by atoms with Crippen LogP contribution in [0.5, 0.6) is 0 Å². The Kier molecular flexibility index (Phi) is 29.0. The van der Waals surface area contributed by atoms with Crippen molar-refractivity contribution in [2.45, 2.75) is 95.9 Å². The van der Waals surface area contributed by atoms with Gasteiger partial charge < -0.3 is 74.6 Å². The van der Waals surface area contributed by atoms with Gasteiger partial charge in [-0.3, -0.25) is 15.2 Å². The van der Waals surface area contributed by atoms with E-state index >= 15 is 0 Å². The van der Waals surface area contributed by atoms with E-state index in [-0.39, 0.29) is 0 Å². The number of thiophene rings is 2. The average molecular weight is 1730 g/mol. The molecule has 0 spiro atoms. The molecule has 0 bridgehead atoms. The summed E-state index contributed by atoms with van der Waals surface area (Å²) in [5.41, 5.74) is 64.2. The van der Waals surface area contributed by atoms with Gasteiger partial charge in [0, 0.05) is 127 Å². The molecule has 22 N–H and O–H groups in total. The van der Waals surface area contributed by atoms with Crippen LogP contribution in [-0.4, -0.2) is 109 Å². The molecule has 0 amide bonds. The molecule has 0 fully saturated rings. The first-order valence-corrected chi connectivity index (χ1v) is 42.3. The lowest BCUT2D eigenvalue weighted by Crippen LogP contribution is -1.90. The van der Waals surface area contributed by atoms with E-state index in [1.807, 2.05) is 159 Å². The standard InChI is InChI=1S/C9H10N2.2C9H11N.C8H9N3.2C8H8N2O.2C8H8N2S.C7H8N4.3C7H7N3/c1-6-5-7-3-2-4-8(10)9(7)11-6;1-7-2-3-9-8(6-7)4-5-10-9;1-7-2-3-8-4-5-10-9(8)6-7;2*1-5-4-6-7(11-5)2-3-10-8(6)9;1-5-4-6-2-3-10-8(9)7(6)11-5;1-5-4-6-7(11-5)2-3-10-8(6)9;1-5-4-6-2-3-10-8(9)7(6)11-5;1-4-10-5-2-3-9-7(8)6(5)11-4;1-5-2-6-7(8-3-5)4-9-10-6;1-5-2-6-4-9-10-7(6)8-3-5;1-5-2-3-6-7(4-5)9-10-8-6/h2-5,11H,10H2,1H3;2*2-3,6,10H,4-5H2,1H3;2-4,11H,1H3,(H2,9,10);4*2-4H,1H3,(H2,9,10);2-3H,1H3,(H2,8,9)(H,10,11);2-4H,1H3,(H,9,10);2*2-4H,1H3,(H,8,9,10). The zero-order chi connectivity index (χ0) is 89.8. The van der Waals surface area contributed by atoms with Gasteiger partial charge in [-0.1, -0.05) is 48.0 Å². The van der Waals surface area contributed by atoms with Crippen LogP contribution in [0.3, 0.4) is 0 Å². The van der Waals surface area contributed by atoms with Crippen molar-refractivity contribution in [3.63, 3.8) is 0 Å². The lowest BCUT2D eigenvalue weighted by atomic mass is 10.1. The van der Waals surface area contributed by atoms with Crippen molar-refractivity contribution >= 4 is 183 Å². The summed E-state index contributed by atoms with van der Waals surface area (Å²) in [5, 5.41) is 37.9. The number of aryl methyl sites for hydroxylation is 12. The number of imidazole rings is 1. The number of aromatic nitrogens is 19. The van der Waals surface area contributed by atoms with E-state index in [1.165, 1.54) is 77.3 Å². The van der Waals surface area contributed by atoms with Gasteiger partial charge >= 0.3 is 0 Å². The van der Waals surface area contributed by atoms with Gasteiger partial charge in [-0.15, -0.1) is 22.7 Å². The normalized spacial score (nSPS) is 11.2. The molecule has 32 heteroatoms. The lowest BCUT2D eigenvalue weighted by molar-refractivity contribution is 0.578. The quantitative estimate of drug-likeness (QED) is 0.0627. The lowest BCUT2D eigenvalue weighted by Gasteiger charge is -1.98. The highest BCUT2D eigenvalue weighted by molar-refractivity contribution is 7.19. The van der Waals surface area contributed by atoms with Crippen molar-refractivity contribution in [2.75, 3.05) is 63.9 Å². The Morgan fingerprint density at radius 2 is 1.01 bits per heavy atom. The number of hydrogen-bond donors (Lipinski definition) is 15. The van der Waals surface area contributed by atoms with Crippen molar-refractivity contribution < 1.29 is 8.83 Å². The van der Waals surface area contributed by atoms with Crippen LogP contribution < -0.4 is 50.8 Å². The first-order valence-electron chi connectivity index (χ1n) is 40.7. The number of nitrogen functional groups attached to an aromatic ring is 7. The van der Waals surface area contributed by atoms with E-state index in [2.05, 4.69) is 195 Å². The van der Waals surface area contributed by atoms with Gasteiger partial charge in [0.25, 0.3) is 0 Å². The second-order valence-corrected chi connectivity index (χ2v) is 32.8. The number of hydrogen-bond acceptors (Lipinski definition) is 26. The average Bonchev–Trinajstić information content (AvgIpc) is 1.70. The summed E-state index contributed by atoms with van der Waals surface area (Å²) in [6.45, 7) is 26.4. The number of nitrogens with two attached hydrogens (primary N) is 7. The molecule has 30 nitrogen and oxygen atoms in total. The monoisotopic (exact) mass is 1730 g/mol. The first-order chi connectivity index (χ1) is 61.2. The van der Waals surface area contributed by atoms with Crippen LogP contribution in [0.25, 0.3) is 108 Å². The van der Waals surface area contributed by atoms with Crippen molar-refractivity contribution in [3.8, 4) is 0 Å². The van der Waals surface area contributed by atoms with Crippen LogP contribution in [-0.2, 0) is 12.8 Å². The molecular formula is C95H102N28O2S2. The van der Waals surface area contributed by atoms with Gasteiger partial charge in [0.05, 0.1) is 50.2 Å². The van der Waals surface area contributed by atoms with Gasteiger partial charge in [0.1, 0.15) is 68.3 Å². The molecule has 20 heterocycles. The van der Waals surface area contributed by atoms with Gasteiger partial charge in [-0.2, -0.15) is 25.6 Å². The Morgan fingerprint density at radius 3 is 1.76 bits per heavy atom. The van der Waals surface area contributed by atoms with Crippen LogP contribution >= 0.6 is 22.7 Å². The SMILES string of the molecule is Cc1cc2c(N)nccc2[nH]1.Cc1cc2c(N)nccc2o1.Cc1cc2c(N)nccc2s1.Cc1cc2cccc(N)c2[nH]1.Cc1cc2ccnc(N)c2o1.Cc1cc2ccnc(N)c2s1.Cc1ccc2c(c1)CCN2.Cc1ccc2c(c1)NCC2.Cc1ccc2n[nH]nc2c1.Cc1cnc2[nH]ncc2c1.Cc1cnc2cn[nH]c2c1.Cc1nc2c(N)nccc2[nH]1. The molecule has 0 saturated heterocycles. The molecule has 0 saturated carbocycles. The van der Waals surface area contributed by atoms with Crippen molar-refractivity contribution in [3.05, 3.63) is 297 Å². The van der Waals surface area contributed by atoms with Crippen LogP contribution in [0.2, 0.25) is 0 Å². The number of anilines is 9. The number of nitrogens with one attached hydrogen (secondary N) is 8. The maximum atomic E-state index is 5.74. The molecule has 2 aliphatic heterocycles. The fraction of sp³-hybridized carbons (Fsp3) is 0.168. The molecule has 127 heavy (non-hydrogen) atoms. The molecule has 0 radical (unpaired) electrons. The largest absolute Gasteiger partial charge is 0.461 e. The van der Waals surface area contributed by atoms with Gasteiger partial charge in [-0.05, 0) is 250 Å². The number of fused-ring (bicyclic) bond motifs is 12. The molecule has 4 aromatic carbocycles. The van der Waals surface area contributed by atoms with Crippen LogP contribution in [0.15, 0.2) is 229 Å². The number of benzene rings is 4. The third kappa shape index (κ3) is 23.7. The number of nitrogens with zero attached hydrogens (tertiary/aromatic N) is 13. The second-order valence-electron chi connectivity index (χ2n) is 30.3. The van der Waals surface area contributed by atoms with E-state index in [4.69, 9.17) is 49.0 Å². The molecular weight excluding hydrogens is 1630 g/mol. The molecule has 0 aliphatic carbocycles. The van der Waals surface area contributed by atoms with E-state index < -0.39 is 0 Å². The van der Waals surface area contributed by atoms with Crippen LogP contribution in [0.4, 0.5) is 52.0 Å². The summed E-state index contributed by atoms with van der Waals surface area (Å²) in [6, 6.07) is 52.7. The van der Waals surface area contributed by atoms with Crippen molar-refractivity contribution in [1.82, 2.24) is 95.6 Å². The van der Waals surface area contributed by atoms with E-state index in [0.29, 0.717) is 40.5 Å². The molecule has 0 unspecified atom stereocenters. The highest BCUT2D eigenvalue weighted by Crippen LogP contribution is 2.31. The first kappa shape index (κ1) is 88.9. The van der Waals surface area contributed by atoms with E-state index in [0.717, 1.165) is 146 Å². The Bertz CT molecular complexity index is 6430. The van der Waals surface area contributed by atoms with E-state index in [1.54, 1.807) is 78.3 Å². The molecule has 22 aromatic rings. The summed E-state index contributed by atoms with van der Waals surface area (Å²) in [6.07, 6.45) is 19.7. The number of pyridine rings is 8. The molecule has 646 valence electrons. The fourth-order valence-corrected chi connectivity index (χ4v) is 15.6. The minimum atomic E-state index is 0.454. The Balaban J connectivity index is 0.000000119. The maximum absolute atomic E-state index is 5.74. The third-order valence-corrected chi connectivity index (χ3v) is 21.8. The zero-order valence-corrected chi connectivity index (χ0v) is 74.2. The number of H-pyrrole nitrogens is 6. The number of rotatable bonds is 0. The summed E-state index contributed by atoms with van der Waals surface area (Å²) < 4.78 is 13.0. The third-order valence-electron chi connectivity index (χ3n) is 19.7. The number of furan rings is 2. The molecule has 0 atom stereocenters. The highest BCUT2D eigenvalue weighted by Gasteiger charge is 2.12. The predicted octanol–water partition coefficient (Wildman–Crippen LogP) is 19.9. The number of para-hydroxylation sites is 1. The van der Waals surface area contributed by atoms with Crippen LogP contribution in [0, 0.1) is 83.1 Å². The van der Waals surface area contributed by atoms with Crippen molar-refractivity contribution in [1.29, 1.82) is 0 Å². The van der Waals surface area contributed by atoms with Gasteiger partial charge in [0.15, 0.2) is 22.9 Å². The fourth-order valence-electron chi connectivity index (χ4n) is 13.7. The molecule has 18 aromatic heterocycles. The minimum Gasteiger partial charge on any atom is -0.461 e. The number of aromatic amines is 6. The topological polar surface area (TPSA) is 495 Å². The molecule has 2 aliphatic rings. The Labute approximate surface area is 739 Å². The minimum absolute atomic E-state index is 0.454. The predicted molar refractivity (Wildman–Crippen MR) is 522 cm³/mol. The summed E-state index contributed by atoms with van der Waals surface area (Å²) in [7, 11) is 0. The summed E-state index contributed by atoms with van der Waals surface area (Å²) in [5.74, 6) is 5.90. The zero-order valence-electron chi connectivity index (χ0n) is 72.6. The molecule has 24 rings (SSSR count). The van der Waals surface area contributed by atoms with Gasteiger partial charge in [0.2, 0.25) is 0 Å². The van der Waals surface area contributed by atoms with E-state index in [9.17, 15) is 0 Å². The second kappa shape index (κ2) is 41.4. The summed E-state index contributed by atoms with van der Waals surface area (Å²) in [4.78, 5) is 48.2. The Morgan fingerprint density at radius 1 is 0.378 bits per heavy atom. The summed E-state index contributed by atoms with van der Waals surface area (Å²) >= 11 is 3.44. The van der Waals surface area contributed by atoms with Crippen molar-refractivity contribution in [2.24, 2.45) is 0 Å². The van der Waals surface area contributed by atoms with Crippen LogP contribution in [0.1, 0.15) is 77.4 Å². The highest BCUT2D eigenvalue weighted by atomic mass is 32.1. The smallest absolute Gasteiger partial charge is 0.176 e. The maximum Gasteiger partial charge on any atom is 0.176 e. The Hall–Kier alpha value is -15.8.